The van der Waals surface area contributed by atoms with Gasteiger partial charge in [0.05, 0.1) is 33.6 Å². The third kappa shape index (κ3) is 5.71. The minimum Gasteiger partial charge on any atom is -0.497 e. The van der Waals surface area contributed by atoms with Crippen LogP contribution in [0.15, 0.2) is 52.5 Å². The minimum absolute atomic E-state index is 0.103. The lowest BCUT2D eigenvalue weighted by Crippen LogP contribution is -2.36. The largest absolute Gasteiger partial charge is 0.497 e. The monoisotopic (exact) mass is 435 g/mol. The lowest BCUT2D eigenvalue weighted by atomic mass is 10.2. The summed E-state index contributed by atoms with van der Waals surface area (Å²) in [7, 11) is 0.0796. The van der Waals surface area contributed by atoms with E-state index in [2.05, 4.69) is 10.5 Å². The molecule has 0 bridgehead atoms. The van der Waals surface area contributed by atoms with Crippen LogP contribution in [-0.2, 0) is 14.8 Å². The summed E-state index contributed by atoms with van der Waals surface area (Å²) in [5.41, 5.74) is 3.00. The Bertz CT molecular complexity index is 1010. The number of nitrogens with zero attached hydrogens (tertiary/aromatic N) is 2. The smallest absolute Gasteiger partial charge is 0.255 e. The lowest BCUT2D eigenvalue weighted by molar-refractivity contribution is -0.121. The zero-order valence-electron chi connectivity index (χ0n) is 17.3. The number of carbonyl (C=O) groups is 1. The highest BCUT2D eigenvalue weighted by atomic mass is 32.2. The number of rotatable bonds is 10. The fraction of sp³-hybridized carbons (Fsp3) is 0.300. The van der Waals surface area contributed by atoms with Crippen molar-refractivity contribution in [3.8, 4) is 17.2 Å². The number of hydrogen-bond donors (Lipinski definition) is 1. The number of likely N-dealkylation sites (N-methyl/N-ethyl adjacent to an activating group) is 1. The first kappa shape index (κ1) is 23.2. The van der Waals surface area contributed by atoms with E-state index < -0.39 is 22.5 Å². The zero-order chi connectivity index (χ0) is 22.1. The lowest BCUT2D eigenvalue weighted by Gasteiger charge is -2.18. The highest BCUT2D eigenvalue weighted by Gasteiger charge is 2.27. The van der Waals surface area contributed by atoms with Gasteiger partial charge in [-0.2, -0.15) is 9.41 Å². The second-order valence-corrected chi connectivity index (χ2v) is 8.06. The number of benzene rings is 2. The van der Waals surface area contributed by atoms with E-state index in [0.717, 1.165) is 4.31 Å². The van der Waals surface area contributed by atoms with Crippen molar-refractivity contribution in [1.82, 2.24) is 9.73 Å². The van der Waals surface area contributed by atoms with Crippen LogP contribution in [0.3, 0.4) is 0 Å². The first-order valence-electron chi connectivity index (χ1n) is 9.05. The van der Waals surface area contributed by atoms with E-state index in [1.54, 1.807) is 18.2 Å². The van der Waals surface area contributed by atoms with Crippen LogP contribution in [0.2, 0.25) is 0 Å². The summed E-state index contributed by atoms with van der Waals surface area (Å²) in [6, 6.07) is 11.6. The van der Waals surface area contributed by atoms with Gasteiger partial charge in [0.1, 0.15) is 22.1 Å². The normalized spacial score (nSPS) is 11.5. The molecule has 0 radical (unpaired) electrons. The van der Waals surface area contributed by atoms with Crippen LogP contribution in [0.1, 0.15) is 12.5 Å². The predicted molar refractivity (Wildman–Crippen MR) is 113 cm³/mol. The van der Waals surface area contributed by atoms with Gasteiger partial charge >= 0.3 is 0 Å². The Morgan fingerprint density at radius 2 is 1.87 bits per heavy atom. The second kappa shape index (κ2) is 10.6. The van der Waals surface area contributed by atoms with Gasteiger partial charge in [0.15, 0.2) is 0 Å². The van der Waals surface area contributed by atoms with Crippen molar-refractivity contribution in [2.75, 3.05) is 34.4 Å². The van der Waals surface area contributed by atoms with Gasteiger partial charge in [-0.1, -0.05) is 12.1 Å². The van der Waals surface area contributed by atoms with Crippen LogP contribution in [0, 0.1) is 0 Å². The third-order valence-electron chi connectivity index (χ3n) is 4.04. The molecule has 162 valence electrons. The van der Waals surface area contributed by atoms with Crippen molar-refractivity contribution >= 4 is 22.1 Å². The molecule has 0 spiro atoms. The molecule has 0 fully saturated rings. The maximum Gasteiger partial charge on any atom is 0.255 e. The number of nitrogens with one attached hydrogen (secondary N) is 1. The third-order valence-corrected chi connectivity index (χ3v) is 5.86. The average molecular weight is 436 g/mol. The van der Waals surface area contributed by atoms with Crippen LogP contribution in [0.25, 0.3) is 0 Å². The number of methoxy groups -OCH3 is 2. The van der Waals surface area contributed by atoms with Crippen molar-refractivity contribution in [2.24, 2.45) is 5.10 Å². The summed E-state index contributed by atoms with van der Waals surface area (Å²) >= 11 is 0. The van der Waals surface area contributed by atoms with Gasteiger partial charge in [0, 0.05) is 18.7 Å². The molecule has 0 aliphatic carbocycles. The van der Waals surface area contributed by atoms with Gasteiger partial charge in [0.2, 0.25) is 10.0 Å². The van der Waals surface area contributed by atoms with Gasteiger partial charge < -0.3 is 14.2 Å². The Hall–Kier alpha value is -3.11. The maximum atomic E-state index is 12.9. The molecule has 0 atom stereocenters. The van der Waals surface area contributed by atoms with Crippen molar-refractivity contribution in [3.63, 3.8) is 0 Å². The molecule has 1 N–H and O–H groups in total. The van der Waals surface area contributed by atoms with Crippen LogP contribution in [-0.4, -0.2) is 59.3 Å². The SMILES string of the molecule is CCOc1ccccc1/C=N/NC(=O)CN(C)S(=O)(=O)c1cc(OC)ccc1OC. The Morgan fingerprint density at radius 3 is 2.53 bits per heavy atom. The molecule has 2 aromatic carbocycles. The molecule has 9 nitrogen and oxygen atoms in total. The maximum absolute atomic E-state index is 12.9. The molecule has 0 unspecified atom stereocenters. The predicted octanol–water partition coefficient (Wildman–Crippen LogP) is 1.87. The van der Waals surface area contributed by atoms with Gasteiger partial charge in [-0.05, 0) is 31.2 Å². The van der Waals surface area contributed by atoms with E-state index in [9.17, 15) is 13.2 Å². The Balaban J connectivity index is 2.08. The van der Waals surface area contributed by atoms with E-state index in [4.69, 9.17) is 14.2 Å². The standard InChI is InChI=1S/C20H25N3O6S/c1-5-29-17-9-7-6-8-15(17)13-21-22-20(24)14-23(2)30(25,26)19-12-16(27-3)10-11-18(19)28-4/h6-13H,5,14H2,1-4H3,(H,22,24)/b21-13+. The highest BCUT2D eigenvalue weighted by molar-refractivity contribution is 7.89. The van der Waals surface area contributed by atoms with Gasteiger partial charge in [0.25, 0.3) is 5.91 Å². The quantitative estimate of drug-likeness (QED) is 0.451. The molecule has 0 aliphatic heterocycles. The molecule has 0 aliphatic rings. The number of hydrazone groups is 1. The minimum atomic E-state index is -4.01. The molecule has 1 amide bonds. The number of amides is 1. The molecule has 0 saturated heterocycles. The van der Waals surface area contributed by atoms with Crippen molar-refractivity contribution in [2.45, 2.75) is 11.8 Å². The number of para-hydroxylation sites is 1. The molecule has 30 heavy (non-hydrogen) atoms. The molecule has 2 aromatic rings. The molecule has 10 heteroatoms. The number of ether oxygens (including phenoxy) is 3. The molecular weight excluding hydrogens is 410 g/mol. The van der Waals surface area contributed by atoms with Gasteiger partial charge in [-0.15, -0.1) is 0 Å². The van der Waals surface area contributed by atoms with Crippen LogP contribution in [0.5, 0.6) is 17.2 Å². The highest BCUT2D eigenvalue weighted by Crippen LogP contribution is 2.30. The summed E-state index contributed by atoms with van der Waals surface area (Å²) in [6.45, 7) is 1.92. The molecule has 2 rings (SSSR count). The number of sulfonamides is 1. The van der Waals surface area contributed by atoms with Crippen molar-refractivity contribution in [3.05, 3.63) is 48.0 Å². The van der Waals surface area contributed by atoms with E-state index in [1.165, 1.54) is 39.6 Å². The first-order chi connectivity index (χ1) is 14.3. The Morgan fingerprint density at radius 1 is 1.13 bits per heavy atom. The molecule has 0 aromatic heterocycles. The fourth-order valence-corrected chi connectivity index (χ4v) is 3.82. The molecule has 0 saturated carbocycles. The number of hydrogen-bond acceptors (Lipinski definition) is 7. The van der Waals surface area contributed by atoms with Crippen molar-refractivity contribution in [1.29, 1.82) is 0 Å². The zero-order valence-corrected chi connectivity index (χ0v) is 18.1. The second-order valence-electron chi connectivity index (χ2n) is 6.04. The summed E-state index contributed by atoms with van der Waals surface area (Å²) in [4.78, 5) is 12.1. The van der Waals surface area contributed by atoms with Crippen LogP contribution >= 0.6 is 0 Å². The fourth-order valence-electron chi connectivity index (χ4n) is 2.52. The summed E-state index contributed by atoms with van der Waals surface area (Å²) in [5.74, 6) is 0.522. The summed E-state index contributed by atoms with van der Waals surface area (Å²) in [5, 5.41) is 3.88. The molecule has 0 heterocycles. The Labute approximate surface area is 176 Å². The summed E-state index contributed by atoms with van der Waals surface area (Å²) < 4.78 is 42.4. The van der Waals surface area contributed by atoms with E-state index >= 15 is 0 Å². The topological polar surface area (TPSA) is 107 Å². The first-order valence-corrected chi connectivity index (χ1v) is 10.5. The number of carbonyl (C=O) groups excluding carboxylic acids is 1. The van der Waals surface area contributed by atoms with E-state index in [0.29, 0.717) is 23.7 Å². The van der Waals surface area contributed by atoms with Crippen LogP contribution in [0.4, 0.5) is 0 Å². The summed E-state index contributed by atoms with van der Waals surface area (Å²) in [6.07, 6.45) is 1.43. The molecular formula is C20H25N3O6S. The van der Waals surface area contributed by atoms with Gasteiger partial charge in [-0.25, -0.2) is 13.8 Å². The van der Waals surface area contributed by atoms with Crippen molar-refractivity contribution < 1.29 is 27.4 Å². The average Bonchev–Trinajstić information content (AvgIpc) is 2.74. The van der Waals surface area contributed by atoms with Crippen LogP contribution < -0.4 is 19.6 Å². The Kier molecular flexibility index (Phi) is 8.19. The van der Waals surface area contributed by atoms with Gasteiger partial charge in [-0.3, -0.25) is 4.79 Å². The van der Waals surface area contributed by atoms with E-state index in [1.807, 2.05) is 19.1 Å². The van der Waals surface area contributed by atoms with E-state index in [-0.39, 0.29) is 10.6 Å².